The van der Waals surface area contributed by atoms with Crippen LogP contribution in [0.25, 0.3) is 12.2 Å². The van der Waals surface area contributed by atoms with E-state index in [1.165, 1.54) is 38.5 Å². The molecule has 0 aliphatic rings. The lowest BCUT2D eigenvalue weighted by Crippen LogP contribution is -2.25. The molecule has 2 amide bonds. The SMILES string of the molecule is COc1cc(/C=C\C(=O)NCCCCNC(=O)/C=C\c2ccc(O)c(OC)c2)ccc1O. The molecule has 8 heteroatoms. The second-order valence-electron chi connectivity index (χ2n) is 6.82. The molecule has 0 unspecified atom stereocenters. The minimum Gasteiger partial charge on any atom is -0.504 e. The predicted molar refractivity (Wildman–Crippen MR) is 123 cm³/mol. The Kier molecular flexibility index (Phi) is 9.65. The molecule has 2 aromatic carbocycles. The quantitative estimate of drug-likeness (QED) is 0.315. The zero-order chi connectivity index (χ0) is 23.3. The first-order valence-electron chi connectivity index (χ1n) is 10.1. The van der Waals surface area contributed by atoms with Crippen LogP contribution in [0, 0.1) is 0 Å². The first-order valence-corrected chi connectivity index (χ1v) is 10.1. The van der Waals surface area contributed by atoms with Crippen LogP contribution >= 0.6 is 0 Å². The molecule has 2 aromatic rings. The molecule has 0 aliphatic carbocycles. The van der Waals surface area contributed by atoms with Crippen LogP contribution in [0.1, 0.15) is 24.0 Å². The number of phenolic OH excluding ortho intramolecular Hbond substituents is 2. The first-order chi connectivity index (χ1) is 15.4. The van der Waals surface area contributed by atoms with E-state index in [1.807, 2.05) is 0 Å². The van der Waals surface area contributed by atoms with E-state index < -0.39 is 0 Å². The lowest BCUT2D eigenvalue weighted by molar-refractivity contribution is -0.117. The van der Waals surface area contributed by atoms with E-state index in [-0.39, 0.29) is 23.3 Å². The van der Waals surface area contributed by atoms with Gasteiger partial charge >= 0.3 is 0 Å². The Morgan fingerprint density at radius 2 is 1.19 bits per heavy atom. The number of aromatic hydroxyl groups is 2. The number of ether oxygens (including phenoxy) is 2. The van der Waals surface area contributed by atoms with Crippen LogP contribution in [-0.4, -0.2) is 49.3 Å². The molecule has 0 saturated heterocycles. The highest BCUT2D eigenvalue weighted by Crippen LogP contribution is 2.27. The summed E-state index contributed by atoms with van der Waals surface area (Å²) in [5.74, 6) is 0.302. The Labute approximate surface area is 187 Å². The topological polar surface area (TPSA) is 117 Å². The molecule has 2 rings (SSSR count). The van der Waals surface area contributed by atoms with Crippen LogP contribution in [0.3, 0.4) is 0 Å². The average Bonchev–Trinajstić information content (AvgIpc) is 2.80. The largest absolute Gasteiger partial charge is 0.504 e. The summed E-state index contributed by atoms with van der Waals surface area (Å²) < 4.78 is 10.1. The standard InChI is InChI=1S/C24H28N2O6/c1-31-21-15-17(5-9-19(21)27)7-11-23(29)25-13-3-4-14-26-24(30)12-8-18-6-10-20(28)22(16-18)32-2/h5-12,15-16,27-28H,3-4,13-14H2,1-2H3,(H,25,29)(H,26,30)/b11-7-,12-8-. The molecular weight excluding hydrogens is 412 g/mol. The van der Waals surface area contributed by atoms with Gasteiger partial charge < -0.3 is 30.3 Å². The third-order valence-electron chi connectivity index (χ3n) is 4.46. The van der Waals surface area contributed by atoms with E-state index in [0.29, 0.717) is 37.4 Å². The van der Waals surface area contributed by atoms with E-state index in [2.05, 4.69) is 10.6 Å². The summed E-state index contributed by atoms with van der Waals surface area (Å²) in [6.07, 6.45) is 7.52. The maximum Gasteiger partial charge on any atom is 0.243 e. The maximum atomic E-state index is 11.9. The summed E-state index contributed by atoms with van der Waals surface area (Å²) in [5, 5.41) is 24.7. The Morgan fingerprint density at radius 3 is 1.56 bits per heavy atom. The number of hydrogen-bond donors (Lipinski definition) is 4. The van der Waals surface area contributed by atoms with Crippen molar-refractivity contribution in [2.45, 2.75) is 12.8 Å². The number of methoxy groups -OCH3 is 2. The molecule has 0 radical (unpaired) electrons. The number of carbonyl (C=O) groups excluding carboxylic acids is 2. The number of benzene rings is 2. The zero-order valence-electron chi connectivity index (χ0n) is 18.1. The molecule has 8 nitrogen and oxygen atoms in total. The fourth-order valence-electron chi connectivity index (χ4n) is 2.73. The zero-order valence-corrected chi connectivity index (χ0v) is 18.1. The minimum absolute atomic E-state index is 0.0391. The van der Waals surface area contributed by atoms with Gasteiger partial charge in [0.2, 0.25) is 11.8 Å². The number of carbonyl (C=O) groups is 2. The monoisotopic (exact) mass is 440 g/mol. The van der Waals surface area contributed by atoms with Gasteiger partial charge in [0.15, 0.2) is 23.0 Å². The van der Waals surface area contributed by atoms with Gasteiger partial charge in [0, 0.05) is 25.2 Å². The van der Waals surface area contributed by atoms with Gasteiger partial charge in [0.25, 0.3) is 0 Å². The van der Waals surface area contributed by atoms with E-state index in [1.54, 1.807) is 36.4 Å². The third kappa shape index (κ3) is 8.06. The van der Waals surface area contributed by atoms with Crippen LogP contribution in [0.15, 0.2) is 48.6 Å². The van der Waals surface area contributed by atoms with Crippen LogP contribution in [0.5, 0.6) is 23.0 Å². The van der Waals surface area contributed by atoms with Gasteiger partial charge in [-0.15, -0.1) is 0 Å². The number of hydrogen-bond acceptors (Lipinski definition) is 6. The molecule has 0 saturated carbocycles. The summed E-state index contributed by atoms with van der Waals surface area (Å²) in [6.45, 7) is 0.974. The molecule has 0 heterocycles. The Hall–Kier alpha value is -3.94. The molecule has 170 valence electrons. The van der Waals surface area contributed by atoms with E-state index in [4.69, 9.17) is 9.47 Å². The van der Waals surface area contributed by atoms with Crippen LogP contribution in [0.2, 0.25) is 0 Å². The van der Waals surface area contributed by atoms with Gasteiger partial charge in [-0.2, -0.15) is 0 Å². The van der Waals surface area contributed by atoms with Gasteiger partial charge in [-0.3, -0.25) is 9.59 Å². The van der Waals surface area contributed by atoms with E-state index in [0.717, 1.165) is 11.1 Å². The van der Waals surface area contributed by atoms with Gasteiger partial charge in [0.05, 0.1) is 14.2 Å². The van der Waals surface area contributed by atoms with Crippen molar-refractivity contribution < 1.29 is 29.3 Å². The van der Waals surface area contributed by atoms with Crippen molar-refractivity contribution in [3.8, 4) is 23.0 Å². The van der Waals surface area contributed by atoms with Crippen LogP contribution in [0.4, 0.5) is 0 Å². The number of nitrogens with one attached hydrogen (secondary N) is 2. The number of unbranched alkanes of at least 4 members (excludes halogenated alkanes) is 1. The van der Waals surface area contributed by atoms with Gasteiger partial charge in [0.1, 0.15) is 0 Å². The highest BCUT2D eigenvalue weighted by atomic mass is 16.5. The van der Waals surface area contributed by atoms with Crippen LogP contribution in [-0.2, 0) is 9.59 Å². The van der Waals surface area contributed by atoms with Gasteiger partial charge in [-0.1, -0.05) is 12.1 Å². The lowest BCUT2D eigenvalue weighted by Gasteiger charge is -2.05. The molecule has 4 N–H and O–H groups in total. The summed E-state index contributed by atoms with van der Waals surface area (Å²) in [7, 11) is 2.92. The molecule has 0 bridgehead atoms. The number of amides is 2. The lowest BCUT2D eigenvalue weighted by atomic mass is 10.2. The van der Waals surface area contributed by atoms with Crippen molar-refractivity contribution in [3.63, 3.8) is 0 Å². The van der Waals surface area contributed by atoms with Crippen molar-refractivity contribution in [1.29, 1.82) is 0 Å². The summed E-state index contributed by atoms with van der Waals surface area (Å²) in [5.41, 5.74) is 1.47. The molecule has 32 heavy (non-hydrogen) atoms. The maximum absolute atomic E-state index is 11.9. The predicted octanol–water partition coefficient (Wildman–Crippen LogP) is 2.85. The highest BCUT2D eigenvalue weighted by Gasteiger charge is 2.03. The Balaban J connectivity index is 1.63. The average molecular weight is 440 g/mol. The minimum atomic E-state index is -0.228. The van der Waals surface area contributed by atoms with Crippen molar-refractivity contribution in [2.75, 3.05) is 27.3 Å². The fourth-order valence-corrected chi connectivity index (χ4v) is 2.73. The second-order valence-corrected chi connectivity index (χ2v) is 6.82. The van der Waals surface area contributed by atoms with Crippen molar-refractivity contribution in [2.24, 2.45) is 0 Å². The Morgan fingerprint density at radius 1 is 0.781 bits per heavy atom. The molecule has 0 spiro atoms. The highest BCUT2D eigenvalue weighted by molar-refractivity contribution is 5.92. The summed E-state index contributed by atoms with van der Waals surface area (Å²) in [6, 6.07) is 9.62. The normalized spacial score (nSPS) is 10.9. The first kappa shape index (κ1) is 24.3. The van der Waals surface area contributed by atoms with E-state index >= 15 is 0 Å². The molecule has 0 aromatic heterocycles. The van der Waals surface area contributed by atoms with Crippen molar-refractivity contribution in [1.82, 2.24) is 10.6 Å². The molecule has 0 aliphatic heterocycles. The molecule has 0 fully saturated rings. The van der Waals surface area contributed by atoms with E-state index in [9.17, 15) is 19.8 Å². The summed E-state index contributed by atoms with van der Waals surface area (Å²) in [4.78, 5) is 23.8. The van der Waals surface area contributed by atoms with Crippen molar-refractivity contribution >= 4 is 24.0 Å². The van der Waals surface area contributed by atoms with Gasteiger partial charge in [-0.05, 0) is 60.4 Å². The van der Waals surface area contributed by atoms with Crippen LogP contribution < -0.4 is 20.1 Å². The fraction of sp³-hybridized carbons (Fsp3) is 0.250. The second kappa shape index (κ2) is 12.7. The summed E-state index contributed by atoms with van der Waals surface area (Å²) >= 11 is 0. The molecule has 0 atom stereocenters. The molecular formula is C24H28N2O6. The number of phenols is 2. The Bertz CT molecular complexity index is 905. The van der Waals surface area contributed by atoms with Crippen molar-refractivity contribution in [3.05, 3.63) is 59.7 Å². The number of rotatable bonds is 11. The third-order valence-corrected chi connectivity index (χ3v) is 4.46. The smallest absolute Gasteiger partial charge is 0.243 e. The van der Waals surface area contributed by atoms with Gasteiger partial charge in [-0.25, -0.2) is 0 Å².